The van der Waals surface area contributed by atoms with Crippen LogP contribution in [0.1, 0.15) is 10.6 Å². The zero-order chi connectivity index (χ0) is 8.55. The first-order valence-electron chi connectivity index (χ1n) is 3.77. The van der Waals surface area contributed by atoms with E-state index in [1.807, 2.05) is 12.1 Å². The van der Waals surface area contributed by atoms with Gasteiger partial charge in [-0.3, -0.25) is 0 Å². The Morgan fingerprint density at radius 3 is 3.00 bits per heavy atom. The Bertz CT molecular complexity index is 408. The molecule has 0 atom stereocenters. The second-order valence-electron chi connectivity index (χ2n) is 2.69. The summed E-state index contributed by atoms with van der Waals surface area (Å²) in [5, 5.41) is 9.67. The topological polar surface area (TPSA) is 33.1 Å². The van der Waals surface area contributed by atoms with Crippen molar-refractivity contribution in [2.24, 2.45) is 0 Å². The molecule has 1 aromatic heterocycles. The second-order valence-corrected chi connectivity index (χ2v) is 3.77. The van der Waals surface area contributed by atoms with Gasteiger partial charge >= 0.3 is 0 Å². The van der Waals surface area contributed by atoms with Gasteiger partial charge in [-0.1, -0.05) is 12.1 Å². The Morgan fingerprint density at radius 1 is 1.50 bits per heavy atom. The van der Waals surface area contributed by atoms with Crippen molar-refractivity contribution in [2.75, 3.05) is 0 Å². The highest BCUT2D eigenvalue weighted by Gasteiger charge is 2.03. The molecule has 2 nitrogen and oxygen atoms in total. The molecular formula is C9H9NOS. The summed E-state index contributed by atoms with van der Waals surface area (Å²) in [6.07, 6.45) is 0. The Hall–Kier alpha value is -0.930. The summed E-state index contributed by atoms with van der Waals surface area (Å²) < 4.78 is 1.18. The fourth-order valence-corrected chi connectivity index (χ4v) is 2.09. The predicted molar refractivity (Wildman–Crippen MR) is 50.3 cm³/mol. The molecule has 0 aliphatic rings. The molecule has 0 amide bonds. The number of hydrogen-bond donors (Lipinski definition) is 1. The summed E-state index contributed by atoms with van der Waals surface area (Å²) >= 11 is 1.56. The molecule has 0 saturated heterocycles. The van der Waals surface area contributed by atoms with E-state index < -0.39 is 0 Å². The number of aryl methyl sites for hydroxylation is 1. The number of rotatable bonds is 1. The lowest BCUT2D eigenvalue weighted by Gasteiger charge is -1.90. The van der Waals surface area contributed by atoms with Crippen molar-refractivity contribution in [2.45, 2.75) is 13.5 Å². The standard InChI is InChI=1S/C9H9NOS/c1-6-3-2-4-7-9(6)12-8(5-11)10-7/h2-4,11H,5H2,1H3. The van der Waals surface area contributed by atoms with Gasteiger partial charge in [-0.05, 0) is 18.6 Å². The van der Waals surface area contributed by atoms with Gasteiger partial charge < -0.3 is 5.11 Å². The van der Waals surface area contributed by atoms with E-state index in [1.165, 1.54) is 10.3 Å². The summed E-state index contributed by atoms with van der Waals surface area (Å²) in [5.41, 5.74) is 2.22. The van der Waals surface area contributed by atoms with Crippen LogP contribution in [-0.4, -0.2) is 10.1 Å². The molecule has 3 heteroatoms. The van der Waals surface area contributed by atoms with Crippen LogP contribution in [-0.2, 0) is 6.61 Å². The highest BCUT2D eigenvalue weighted by Crippen LogP contribution is 2.24. The van der Waals surface area contributed by atoms with Crippen LogP contribution in [0.5, 0.6) is 0 Å². The smallest absolute Gasteiger partial charge is 0.119 e. The molecule has 0 saturated carbocycles. The van der Waals surface area contributed by atoms with Crippen LogP contribution in [0.2, 0.25) is 0 Å². The maximum Gasteiger partial charge on any atom is 0.119 e. The molecule has 12 heavy (non-hydrogen) atoms. The van der Waals surface area contributed by atoms with Crippen molar-refractivity contribution in [3.63, 3.8) is 0 Å². The van der Waals surface area contributed by atoms with E-state index in [1.54, 1.807) is 11.3 Å². The number of aromatic nitrogens is 1. The van der Waals surface area contributed by atoms with E-state index in [-0.39, 0.29) is 6.61 Å². The minimum atomic E-state index is 0.0405. The van der Waals surface area contributed by atoms with E-state index in [4.69, 9.17) is 5.11 Å². The van der Waals surface area contributed by atoms with Crippen LogP contribution >= 0.6 is 11.3 Å². The van der Waals surface area contributed by atoms with Gasteiger partial charge in [-0.15, -0.1) is 11.3 Å². The molecule has 1 N–H and O–H groups in total. The van der Waals surface area contributed by atoms with Crippen molar-refractivity contribution in [1.29, 1.82) is 0 Å². The molecule has 2 rings (SSSR count). The van der Waals surface area contributed by atoms with E-state index in [9.17, 15) is 0 Å². The van der Waals surface area contributed by atoms with Crippen LogP contribution in [0.15, 0.2) is 18.2 Å². The fraction of sp³-hybridized carbons (Fsp3) is 0.222. The second kappa shape index (κ2) is 2.84. The van der Waals surface area contributed by atoms with Gasteiger partial charge in [0.15, 0.2) is 0 Å². The fourth-order valence-electron chi connectivity index (χ4n) is 1.20. The van der Waals surface area contributed by atoms with E-state index >= 15 is 0 Å². The molecule has 1 heterocycles. The number of aliphatic hydroxyl groups excluding tert-OH is 1. The summed E-state index contributed by atoms with van der Waals surface area (Å²) in [5.74, 6) is 0. The number of hydrogen-bond acceptors (Lipinski definition) is 3. The van der Waals surface area contributed by atoms with Gasteiger partial charge in [-0.2, -0.15) is 0 Å². The van der Waals surface area contributed by atoms with Crippen LogP contribution < -0.4 is 0 Å². The molecule has 0 unspecified atom stereocenters. The first-order valence-corrected chi connectivity index (χ1v) is 4.59. The summed E-state index contributed by atoms with van der Waals surface area (Å²) in [4.78, 5) is 4.26. The third-order valence-corrected chi connectivity index (χ3v) is 2.98. The Morgan fingerprint density at radius 2 is 2.33 bits per heavy atom. The summed E-state index contributed by atoms with van der Waals surface area (Å²) in [7, 11) is 0. The van der Waals surface area contributed by atoms with Crippen LogP contribution in [0.25, 0.3) is 10.2 Å². The molecule has 0 fully saturated rings. The Kier molecular flexibility index (Phi) is 1.83. The van der Waals surface area contributed by atoms with Crippen molar-refractivity contribution >= 4 is 21.6 Å². The Balaban J connectivity index is 2.74. The lowest BCUT2D eigenvalue weighted by atomic mass is 10.2. The normalized spacial score (nSPS) is 10.8. The number of nitrogens with zero attached hydrogens (tertiary/aromatic N) is 1. The third-order valence-electron chi connectivity index (χ3n) is 1.79. The van der Waals surface area contributed by atoms with Crippen LogP contribution in [0.3, 0.4) is 0 Å². The highest BCUT2D eigenvalue weighted by atomic mass is 32.1. The summed E-state index contributed by atoms with van der Waals surface area (Å²) in [6.45, 7) is 2.10. The molecule has 62 valence electrons. The van der Waals surface area contributed by atoms with Crippen molar-refractivity contribution < 1.29 is 5.11 Å². The first-order chi connectivity index (χ1) is 5.81. The zero-order valence-electron chi connectivity index (χ0n) is 6.74. The highest BCUT2D eigenvalue weighted by molar-refractivity contribution is 7.18. The van der Waals surface area contributed by atoms with Gasteiger partial charge in [0.2, 0.25) is 0 Å². The van der Waals surface area contributed by atoms with Crippen molar-refractivity contribution in [1.82, 2.24) is 4.98 Å². The largest absolute Gasteiger partial charge is 0.389 e. The van der Waals surface area contributed by atoms with E-state index in [2.05, 4.69) is 18.0 Å². The molecule has 0 bridgehead atoms. The van der Waals surface area contributed by atoms with Gasteiger partial charge in [-0.25, -0.2) is 4.98 Å². The van der Waals surface area contributed by atoms with E-state index in [0.29, 0.717) is 0 Å². The SMILES string of the molecule is Cc1cccc2nc(CO)sc12. The predicted octanol–water partition coefficient (Wildman–Crippen LogP) is 2.10. The van der Waals surface area contributed by atoms with Crippen LogP contribution in [0, 0.1) is 6.92 Å². The molecule has 1 aromatic carbocycles. The van der Waals surface area contributed by atoms with Crippen molar-refractivity contribution in [3.05, 3.63) is 28.8 Å². The molecular weight excluding hydrogens is 170 g/mol. The van der Waals surface area contributed by atoms with Gasteiger partial charge in [0.25, 0.3) is 0 Å². The minimum Gasteiger partial charge on any atom is -0.389 e. The lowest BCUT2D eigenvalue weighted by Crippen LogP contribution is -1.77. The molecule has 2 aromatic rings. The third kappa shape index (κ3) is 1.11. The minimum absolute atomic E-state index is 0.0405. The maximum atomic E-state index is 8.88. The molecule has 0 radical (unpaired) electrons. The maximum absolute atomic E-state index is 8.88. The number of fused-ring (bicyclic) bond motifs is 1. The molecule has 0 aliphatic carbocycles. The van der Waals surface area contributed by atoms with Gasteiger partial charge in [0, 0.05) is 0 Å². The van der Waals surface area contributed by atoms with Gasteiger partial charge in [0.1, 0.15) is 5.01 Å². The number of aliphatic hydroxyl groups is 1. The number of thiazole rings is 1. The average Bonchev–Trinajstić information content (AvgIpc) is 2.49. The van der Waals surface area contributed by atoms with Crippen molar-refractivity contribution in [3.8, 4) is 0 Å². The van der Waals surface area contributed by atoms with E-state index in [0.717, 1.165) is 10.5 Å². The quantitative estimate of drug-likeness (QED) is 0.727. The Labute approximate surface area is 74.5 Å². The average molecular weight is 179 g/mol. The molecule has 0 aliphatic heterocycles. The lowest BCUT2D eigenvalue weighted by molar-refractivity contribution is 0.281. The van der Waals surface area contributed by atoms with Crippen LogP contribution in [0.4, 0.5) is 0 Å². The summed E-state index contributed by atoms with van der Waals surface area (Å²) in [6, 6.07) is 6.01. The monoisotopic (exact) mass is 179 g/mol. The molecule has 0 spiro atoms. The van der Waals surface area contributed by atoms with Gasteiger partial charge in [0.05, 0.1) is 16.8 Å². The first kappa shape index (κ1) is 7.71. The number of benzene rings is 1. The zero-order valence-corrected chi connectivity index (χ0v) is 7.56.